The first kappa shape index (κ1) is 20.6. The largest absolute Gasteiger partial charge is 0.504 e. The van der Waals surface area contributed by atoms with Gasteiger partial charge < -0.3 is 24.1 Å². The first-order valence-corrected chi connectivity index (χ1v) is 10.3. The van der Waals surface area contributed by atoms with Gasteiger partial charge in [-0.05, 0) is 53.6 Å². The van der Waals surface area contributed by atoms with Crippen LogP contribution in [0.15, 0.2) is 60.4 Å². The summed E-state index contributed by atoms with van der Waals surface area (Å²) < 4.78 is 21.9. The van der Waals surface area contributed by atoms with Gasteiger partial charge in [0.2, 0.25) is 5.78 Å². The molecule has 7 nitrogen and oxygen atoms in total. The molecule has 0 bridgehead atoms. The summed E-state index contributed by atoms with van der Waals surface area (Å²) in [4.78, 5) is 25.4. The minimum Gasteiger partial charge on any atom is -0.504 e. The molecule has 0 aromatic heterocycles. The minimum absolute atomic E-state index is 0.00529. The van der Waals surface area contributed by atoms with Crippen LogP contribution >= 0.6 is 0 Å². The molecule has 1 atom stereocenters. The predicted octanol–water partition coefficient (Wildman–Crippen LogP) is 4.47. The third-order valence-corrected chi connectivity index (χ3v) is 5.80. The van der Waals surface area contributed by atoms with E-state index in [4.69, 9.17) is 18.9 Å². The van der Waals surface area contributed by atoms with Gasteiger partial charge in [-0.3, -0.25) is 9.59 Å². The lowest BCUT2D eigenvalue weighted by Gasteiger charge is -2.26. The van der Waals surface area contributed by atoms with Crippen molar-refractivity contribution < 1.29 is 33.6 Å². The number of phenols is 1. The van der Waals surface area contributed by atoms with Crippen molar-refractivity contribution in [2.75, 3.05) is 14.2 Å². The van der Waals surface area contributed by atoms with Crippen LogP contribution in [0.5, 0.6) is 28.7 Å². The second-order valence-electron chi connectivity index (χ2n) is 7.73. The summed E-state index contributed by atoms with van der Waals surface area (Å²) in [5.41, 5.74) is 2.54. The molecule has 5 rings (SSSR count). The second kappa shape index (κ2) is 8.02. The fraction of sp³-hybridized carbons (Fsp3) is 0.154. The molecule has 1 N–H and O–H groups in total. The summed E-state index contributed by atoms with van der Waals surface area (Å²) in [6, 6.07) is 15.4. The Kier molecular flexibility index (Phi) is 5.01. The van der Waals surface area contributed by atoms with Crippen molar-refractivity contribution in [2.24, 2.45) is 0 Å². The van der Waals surface area contributed by atoms with Crippen molar-refractivity contribution >= 4 is 17.8 Å². The Hall–Kier alpha value is -4.26. The molecule has 2 aliphatic rings. The average Bonchev–Trinajstić information content (AvgIpc) is 3.14. The smallest absolute Gasteiger partial charge is 0.312 e. The third kappa shape index (κ3) is 3.57. The highest BCUT2D eigenvalue weighted by atomic mass is 16.5. The van der Waals surface area contributed by atoms with Gasteiger partial charge in [0.25, 0.3) is 0 Å². The van der Waals surface area contributed by atoms with Gasteiger partial charge in [-0.15, -0.1) is 0 Å². The van der Waals surface area contributed by atoms with Gasteiger partial charge in [0.1, 0.15) is 17.2 Å². The molecular formula is C26H20O7. The van der Waals surface area contributed by atoms with Gasteiger partial charge in [0, 0.05) is 11.5 Å². The number of esters is 1. The summed E-state index contributed by atoms with van der Waals surface area (Å²) >= 11 is 0. The number of methoxy groups -OCH3 is 2. The molecule has 166 valence electrons. The molecule has 2 aliphatic heterocycles. The van der Waals surface area contributed by atoms with E-state index in [1.54, 1.807) is 49.6 Å². The number of rotatable bonds is 4. The molecule has 33 heavy (non-hydrogen) atoms. The van der Waals surface area contributed by atoms with Crippen molar-refractivity contribution in [3.8, 4) is 28.7 Å². The van der Waals surface area contributed by atoms with Crippen LogP contribution in [-0.4, -0.2) is 31.1 Å². The number of fused-ring (bicyclic) bond motifs is 3. The molecule has 0 spiro atoms. The molecule has 3 aromatic carbocycles. The molecule has 0 radical (unpaired) electrons. The summed E-state index contributed by atoms with van der Waals surface area (Å²) in [6.45, 7) is 0. The second-order valence-corrected chi connectivity index (χ2v) is 7.73. The lowest BCUT2D eigenvalue weighted by atomic mass is 9.84. The van der Waals surface area contributed by atoms with E-state index in [0.29, 0.717) is 28.4 Å². The van der Waals surface area contributed by atoms with E-state index in [2.05, 4.69) is 0 Å². The maximum atomic E-state index is 13.1. The van der Waals surface area contributed by atoms with Crippen LogP contribution in [0.4, 0.5) is 0 Å². The molecule has 0 saturated carbocycles. The number of phenolic OH excluding ortho intramolecular Hbond substituents is 1. The summed E-state index contributed by atoms with van der Waals surface area (Å²) in [7, 11) is 3.04. The Morgan fingerprint density at radius 1 is 0.970 bits per heavy atom. The highest BCUT2D eigenvalue weighted by Gasteiger charge is 2.38. The number of carbonyl (C=O) groups excluding carboxylic acids is 2. The Labute approximate surface area is 189 Å². The number of benzene rings is 3. The number of aromatic hydroxyl groups is 1. The molecule has 0 saturated heterocycles. The van der Waals surface area contributed by atoms with Gasteiger partial charge >= 0.3 is 5.97 Å². The van der Waals surface area contributed by atoms with E-state index in [-0.39, 0.29) is 29.5 Å². The lowest BCUT2D eigenvalue weighted by molar-refractivity contribution is -0.135. The molecule has 3 aromatic rings. The van der Waals surface area contributed by atoms with Crippen LogP contribution < -0.4 is 18.9 Å². The van der Waals surface area contributed by atoms with Crippen LogP contribution in [0, 0.1) is 0 Å². The zero-order chi connectivity index (χ0) is 23.1. The fourth-order valence-corrected chi connectivity index (χ4v) is 4.15. The van der Waals surface area contributed by atoms with Gasteiger partial charge in [-0.1, -0.05) is 18.2 Å². The van der Waals surface area contributed by atoms with Crippen LogP contribution in [0.1, 0.15) is 39.4 Å². The molecule has 0 fully saturated rings. The minimum atomic E-state index is -0.432. The molecule has 7 heteroatoms. The van der Waals surface area contributed by atoms with Gasteiger partial charge in [0.05, 0.1) is 26.2 Å². The highest BCUT2D eigenvalue weighted by molar-refractivity contribution is 6.15. The normalized spacial score (nSPS) is 17.8. The Morgan fingerprint density at radius 2 is 1.76 bits per heavy atom. The van der Waals surface area contributed by atoms with Crippen LogP contribution in [-0.2, 0) is 4.79 Å². The maximum Gasteiger partial charge on any atom is 0.312 e. The van der Waals surface area contributed by atoms with E-state index >= 15 is 0 Å². The lowest BCUT2D eigenvalue weighted by Crippen LogP contribution is -2.21. The standard InChI is InChI=1S/C26H20O7/c1-30-16-6-3-14(4-7-16)11-22-25(29)17-8-10-20-24(26(17)33-22)18(13-23(28)32-20)15-5-9-19(27)21(12-15)31-2/h3-12,18,27H,13H2,1-2H3/b22-11-/t18-/m0/s1. The predicted molar refractivity (Wildman–Crippen MR) is 119 cm³/mol. The van der Waals surface area contributed by atoms with Crippen LogP contribution in [0.2, 0.25) is 0 Å². The first-order valence-electron chi connectivity index (χ1n) is 10.3. The van der Waals surface area contributed by atoms with Crippen molar-refractivity contribution in [1.29, 1.82) is 0 Å². The van der Waals surface area contributed by atoms with Crippen molar-refractivity contribution in [3.05, 3.63) is 82.6 Å². The van der Waals surface area contributed by atoms with Gasteiger partial charge in [-0.25, -0.2) is 0 Å². The highest BCUT2D eigenvalue weighted by Crippen LogP contribution is 2.49. The molecular weight excluding hydrogens is 424 g/mol. The first-order chi connectivity index (χ1) is 16.0. The van der Waals surface area contributed by atoms with E-state index in [1.807, 2.05) is 12.1 Å². The van der Waals surface area contributed by atoms with Crippen LogP contribution in [0.25, 0.3) is 6.08 Å². The Balaban J connectivity index is 1.58. The molecule has 2 heterocycles. The zero-order valence-corrected chi connectivity index (χ0v) is 18.0. The van der Waals surface area contributed by atoms with Crippen LogP contribution in [0.3, 0.4) is 0 Å². The van der Waals surface area contributed by atoms with Gasteiger partial charge in [-0.2, -0.15) is 0 Å². The zero-order valence-electron chi connectivity index (χ0n) is 18.0. The number of hydrogen-bond donors (Lipinski definition) is 1. The fourth-order valence-electron chi connectivity index (χ4n) is 4.15. The third-order valence-electron chi connectivity index (χ3n) is 5.80. The Bertz CT molecular complexity index is 1300. The van der Waals surface area contributed by atoms with E-state index in [1.165, 1.54) is 13.2 Å². The van der Waals surface area contributed by atoms with E-state index < -0.39 is 11.9 Å². The quantitative estimate of drug-likeness (QED) is 0.361. The topological polar surface area (TPSA) is 91.3 Å². The van der Waals surface area contributed by atoms with Crippen molar-refractivity contribution in [3.63, 3.8) is 0 Å². The molecule has 0 aliphatic carbocycles. The number of ether oxygens (including phenoxy) is 4. The summed E-state index contributed by atoms with van der Waals surface area (Å²) in [5.74, 6) is 0.832. The SMILES string of the molecule is COc1ccc(/C=C2\Oc3c(ccc4c3[C@H](c3ccc(O)c(OC)c3)CC(=O)O4)C2=O)cc1. The number of hydrogen-bond acceptors (Lipinski definition) is 7. The Morgan fingerprint density at radius 3 is 2.48 bits per heavy atom. The van der Waals surface area contributed by atoms with Crippen molar-refractivity contribution in [2.45, 2.75) is 12.3 Å². The average molecular weight is 444 g/mol. The number of allylic oxidation sites excluding steroid dienone is 1. The van der Waals surface area contributed by atoms with E-state index in [0.717, 1.165) is 11.1 Å². The van der Waals surface area contributed by atoms with Crippen molar-refractivity contribution in [1.82, 2.24) is 0 Å². The molecule has 0 unspecified atom stereocenters. The molecule has 0 amide bonds. The monoisotopic (exact) mass is 444 g/mol. The number of Topliss-reactive ketones (excluding diaryl/α,β-unsaturated/α-hetero) is 1. The van der Waals surface area contributed by atoms with E-state index in [9.17, 15) is 14.7 Å². The maximum absolute atomic E-state index is 13.1. The summed E-state index contributed by atoms with van der Waals surface area (Å²) in [5, 5.41) is 9.98. The number of ketones is 1. The summed E-state index contributed by atoms with van der Waals surface area (Å²) in [6.07, 6.45) is 1.73. The van der Waals surface area contributed by atoms with Gasteiger partial charge in [0.15, 0.2) is 17.3 Å². The number of carbonyl (C=O) groups is 2.